The van der Waals surface area contributed by atoms with Gasteiger partial charge in [-0.05, 0) is 36.4 Å². The minimum absolute atomic E-state index is 0.152. The smallest absolute Gasteiger partial charge is 0.210 e. The van der Waals surface area contributed by atoms with E-state index in [2.05, 4.69) is 15.2 Å². The molecule has 0 atom stereocenters. The molecule has 3 rings (SSSR count). The van der Waals surface area contributed by atoms with E-state index in [0.29, 0.717) is 22.5 Å². The second-order valence-electron chi connectivity index (χ2n) is 4.62. The molecule has 6 nitrogen and oxygen atoms in total. The van der Waals surface area contributed by atoms with E-state index in [1.165, 1.54) is 28.6 Å². The monoisotopic (exact) mass is 331 g/mol. The van der Waals surface area contributed by atoms with E-state index in [4.69, 9.17) is 10.6 Å². The van der Waals surface area contributed by atoms with Crippen LogP contribution in [0, 0.1) is 5.82 Å². The first-order chi connectivity index (χ1) is 11.2. The second kappa shape index (κ2) is 7.10. The molecule has 2 N–H and O–H groups in total. The molecule has 0 aliphatic carbocycles. The number of pyridine rings is 1. The number of hydrogen-bond donors (Lipinski definition) is 1. The fourth-order valence-corrected chi connectivity index (χ4v) is 2.60. The lowest BCUT2D eigenvalue weighted by atomic mass is 10.3. The fraction of sp³-hybridized carbons (Fsp3) is 0.133. The van der Waals surface area contributed by atoms with E-state index in [1.807, 2.05) is 18.2 Å². The Balaban J connectivity index is 1.59. The van der Waals surface area contributed by atoms with Crippen LogP contribution >= 0.6 is 11.8 Å². The van der Waals surface area contributed by atoms with E-state index in [1.54, 1.807) is 18.3 Å². The molecular formula is C15H14FN5OS. The molecule has 118 valence electrons. The van der Waals surface area contributed by atoms with Gasteiger partial charge in [-0.25, -0.2) is 9.07 Å². The molecule has 0 bridgehead atoms. The summed E-state index contributed by atoms with van der Waals surface area (Å²) in [6.07, 6.45) is 1.74. The third kappa shape index (κ3) is 3.98. The molecule has 23 heavy (non-hydrogen) atoms. The number of aromatic nitrogens is 4. The van der Waals surface area contributed by atoms with Crippen molar-refractivity contribution in [3.05, 3.63) is 66.0 Å². The van der Waals surface area contributed by atoms with Gasteiger partial charge in [-0.3, -0.25) is 4.98 Å². The summed E-state index contributed by atoms with van der Waals surface area (Å²) in [5.41, 5.74) is 0.935. The van der Waals surface area contributed by atoms with E-state index in [9.17, 15) is 4.39 Å². The molecule has 8 heteroatoms. The van der Waals surface area contributed by atoms with Crippen molar-refractivity contribution < 1.29 is 9.13 Å². The molecule has 0 spiro atoms. The van der Waals surface area contributed by atoms with Crippen LogP contribution in [0.25, 0.3) is 0 Å². The first-order valence-corrected chi connectivity index (χ1v) is 7.81. The summed E-state index contributed by atoms with van der Waals surface area (Å²) in [7, 11) is 0. The second-order valence-corrected chi connectivity index (χ2v) is 5.56. The molecule has 0 saturated heterocycles. The summed E-state index contributed by atoms with van der Waals surface area (Å²) in [6.45, 7) is 0.152. The Morgan fingerprint density at radius 2 is 1.96 bits per heavy atom. The molecule has 3 aromatic rings. The van der Waals surface area contributed by atoms with Gasteiger partial charge >= 0.3 is 0 Å². The van der Waals surface area contributed by atoms with Gasteiger partial charge in [-0.15, -0.1) is 10.2 Å². The Kier molecular flexibility index (Phi) is 4.72. The average molecular weight is 331 g/mol. The fourth-order valence-electron chi connectivity index (χ4n) is 1.80. The zero-order valence-corrected chi connectivity index (χ0v) is 12.9. The SMILES string of the molecule is Nn1c(COc2ccc(F)cc2)nnc1SCc1ccccn1. The summed E-state index contributed by atoms with van der Waals surface area (Å²) in [5.74, 6) is 7.32. The van der Waals surface area contributed by atoms with Crippen LogP contribution in [-0.2, 0) is 12.4 Å². The van der Waals surface area contributed by atoms with Gasteiger partial charge < -0.3 is 10.6 Å². The molecule has 0 saturated carbocycles. The number of halogens is 1. The molecule has 0 radical (unpaired) electrons. The summed E-state index contributed by atoms with van der Waals surface area (Å²) in [5, 5.41) is 8.63. The van der Waals surface area contributed by atoms with Crippen molar-refractivity contribution in [2.45, 2.75) is 17.5 Å². The molecule has 0 unspecified atom stereocenters. The van der Waals surface area contributed by atoms with Crippen molar-refractivity contribution in [1.82, 2.24) is 19.9 Å². The molecule has 2 heterocycles. The van der Waals surface area contributed by atoms with Gasteiger partial charge in [-0.2, -0.15) is 0 Å². The zero-order valence-electron chi connectivity index (χ0n) is 12.1. The lowest BCUT2D eigenvalue weighted by molar-refractivity contribution is 0.291. The standard InChI is InChI=1S/C15H14FN5OS/c16-11-4-6-13(7-5-11)22-9-14-19-20-15(21(14)17)23-10-12-3-1-2-8-18-12/h1-8H,9-10,17H2. The molecule has 1 aromatic carbocycles. The number of nitrogen functional groups attached to an aromatic ring is 1. The molecule has 2 aromatic heterocycles. The van der Waals surface area contributed by atoms with Crippen LogP contribution in [0.1, 0.15) is 11.5 Å². The number of rotatable bonds is 6. The van der Waals surface area contributed by atoms with Gasteiger partial charge in [0.2, 0.25) is 5.16 Å². The molecule has 0 aliphatic rings. The highest BCUT2D eigenvalue weighted by molar-refractivity contribution is 7.98. The lowest BCUT2D eigenvalue weighted by Crippen LogP contribution is -2.15. The van der Waals surface area contributed by atoms with Gasteiger partial charge in [0.25, 0.3) is 0 Å². The highest BCUT2D eigenvalue weighted by Crippen LogP contribution is 2.20. The first kappa shape index (κ1) is 15.3. The highest BCUT2D eigenvalue weighted by atomic mass is 32.2. The maximum atomic E-state index is 12.8. The van der Waals surface area contributed by atoms with Crippen molar-refractivity contribution in [2.24, 2.45) is 0 Å². The van der Waals surface area contributed by atoms with Crippen LogP contribution in [0.3, 0.4) is 0 Å². The third-order valence-corrected chi connectivity index (χ3v) is 3.97. The predicted molar refractivity (Wildman–Crippen MR) is 84.7 cm³/mol. The van der Waals surface area contributed by atoms with E-state index in [0.717, 1.165) is 5.69 Å². The van der Waals surface area contributed by atoms with E-state index in [-0.39, 0.29) is 12.4 Å². The Bertz CT molecular complexity index is 763. The summed E-state index contributed by atoms with van der Waals surface area (Å²) in [6, 6.07) is 11.5. The third-order valence-electron chi connectivity index (χ3n) is 2.99. The highest BCUT2D eigenvalue weighted by Gasteiger charge is 2.11. The summed E-state index contributed by atoms with van der Waals surface area (Å²) in [4.78, 5) is 4.24. The number of nitrogens with two attached hydrogens (primary N) is 1. The normalized spacial score (nSPS) is 10.7. The van der Waals surface area contributed by atoms with E-state index >= 15 is 0 Å². The van der Waals surface area contributed by atoms with Crippen LogP contribution in [0.5, 0.6) is 5.75 Å². The Morgan fingerprint density at radius 1 is 1.13 bits per heavy atom. The van der Waals surface area contributed by atoms with Crippen LogP contribution in [0.15, 0.2) is 53.8 Å². The molecule has 0 amide bonds. The predicted octanol–water partition coefficient (Wildman–Crippen LogP) is 2.40. The first-order valence-electron chi connectivity index (χ1n) is 6.83. The van der Waals surface area contributed by atoms with Crippen LogP contribution in [0.2, 0.25) is 0 Å². The maximum Gasteiger partial charge on any atom is 0.210 e. The van der Waals surface area contributed by atoms with Gasteiger partial charge in [0.05, 0.1) is 5.69 Å². The number of thioether (sulfide) groups is 1. The van der Waals surface area contributed by atoms with Crippen LogP contribution in [-0.4, -0.2) is 19.9 Å². The molecule has 0 fully saturated rings. The van der Waals surface area contributed by atoms with Crippen LogP contribution < -0.4 is 10.6 Å². The summed E-state index contributed by atoms with van der Waals surface area (Å²) < 4.78 is 19.7. The number of benzene rings is 1. The molecule has 0 aliphatic heterocycles. The minimum Gasteiger partial charge on any atom is -0.486 e. The Hall–Kier alpha value is -2.61. The number of ether oxygens (including phenoxy) is 1. The Labute approximate surface area is 136 Å². The quantitative estimate of drug-likeness (QED) is 0.552. The maximum absolute atomic E-state index is 12.8. The Morgan fingerprint density at radius 3 is 2.70 bits per heavy atom. The van der Waals surface area contributed by atoms with Gasteiger partial charge in [0, 0.05) is 11.9 Å². The average Bonchev–Trinajstić information content (AvgIpc) is 2.93. The largest absolute Gasteiger partial charge is 0.486 e. The van der Waals surface area contributed by atoms with Crippen LogP contribution in [0.4, 0.5) is 4.39 Å². The van der Waals surface area contributed by atoms with Crippen molar-refractivity contribution in [3.8, 4) is 5.75 Å². The number of nitrogens with zero attached hydrogens (tertiary/aromatic N) is 4. The summed E-state index contributed by atoms with van der Waals surface area (Å²) >= 11 is 1.44. The van der Waals surface area contributed by atoms with Crippen molar-refractivity contribution in [2.75, 3.05) is 5.84 Å². The van der Waals surface area contributed by atoms with Crippen molar-refractivity contribution >= 4 is 11.8 Å². The minimum atomic E-state index is -0.312. The van der Waals surface area contributed by atoms with Crippen molar-refractivity contribution in [3.63, 3.8) is 0 Å². The topological polar surface area (TPSA) is 78.9 Å². The van der Waals surface area contributed by atoms with E-state index < -0.39 is 0 Å². The zero-order chi connectivity index (χ0) is 16.1. The lowest BCUT2D eigenvalue weighted by Gasteiger charge is -2.06. The number of hydrogen-bond acceptors (Lipinski definition) is 6. The van der Waals surface area contributed by atoms with Gasteiger partial charge in [-0.1, -0.05) is 17.8 Å². The van der Waals surface area contributed by atoms with Crippen molar-refractivity contribution in [1.29, 1.82) is 0 Å². The van der Waals surface area contributed by atoms with Gasteiger partial charge in [0.15, 0.2) is 5.82 Å². The molecular weight excluding hydrogens is 317 g/mol. The van der Waals surface area contributed by atoms with Gasteiger partial charge in [0.1, 0.15) is 18.2 Å².